The van der Waals surface area contributed by atoms with Crippen LogP contribution in [0.5, 0.6) is 10.9 Å². The number of hydrogen-bond donors (Lipinski definition) is 1. The standard InChI is InChI=1S/C40H46N4O5S2/c1-39(2,3)34-25-50-35(42-34)20-26-14-8-5-4-6-9-15-27-22-40(27,37(47)43-49-28-16-10-7-11-17-28)23-32(45)31-21-29(24-44(31)36(26)46)48-38-41-30-18-12-13-19-33(30)51-38/h7,9-13,15-19,25-27,29,31H,4-6,8,14,20-24H2,1-3H3,(H,43,47)/b15-9-/t26-,27+,29-,31+,40-/m1/s1. The summed E-state index contributed by atoms with van der Waals surface area (Å²) < 4.78 is 7.45. The van der Waals surface area contributed by atoms with Gasteiger partial charge < -0.3 is 14.5 Å². The van der Waals surface area contributed by atoms with Crippen molar-refractivity contribution < 1.29 is 24.0 Å². The van der Waals surface area contributed by atoms with Crippen LogP contribution in [0.3, 0.4) is 0 Å². The van der Waals surface area contributed by atoms with E-state index in [0.29, 0.717) is 30.2 Å². The molecule has 268 valence electrons. The lowest BCUT2D eigenvalue weighted by molar-refractivity contribution is -0.143. The second-order valence-electron chi connectivity index (χ2n) is 15.2. The van der Waals surface area contributed by atoms with Crippen molar-refractivity contribution in [1.82, 2.24) is 20.3 Å². The number of rotatable bonds is 7. The Morgan fingerprint density at radius 2 is 1.84 bits per heavy atom. The van der Waals surface area contributed by atoms with Gasteiger partial charge in [-0.15, -0.1) is 11.3 Å². The second-order valence-corrected chi connectivity index (χ2v) is 17.2. The fourth-order valence-corrected chi connectivity index (χ4v) is 9.31. The molecule has 0 bridgehead atoms. The molecule has 0 spiro atoms. The number of para-hydroxylation sites is 2. The van der Waals surface area contributed by atoms with Crippen molar-refractivity contribution in [2.75, 3.05) is 6.54 Å². The van der Waals surface area contributed by atoms with E-state index in [1.807, 2.05) is 42.5 Å². The number of allylic oxidation sites excluding steroid dienone is 2. The molecule has 2 aromatic heterocycles. The van der Waals surface area contributed by atoms with Gasteiger partial charge in [-0.1, -0.05) is 87.4 Å². The average molecular weight is 727 g/mol. The molecule has 51 heavy (non-hydrogen) atoms. The number of nitrogens with zero attached hydrogens (tertiary/aromatic N) is 3. The predicted octanol–water partition coefficient (Wildman–Crippen LogP) is 7.85. The maximum Gasteiger partial charge on any atom is 0.274 e. The van der Waals surface area contributed by atoms with Gasteiger partial charge in [0.05, 0.1) is 38.9 Å². The molecular formula is C40H46N4O5S2. The number of Topliss-reactive ketones (excluding diaryl/α,β-unsaturated/α-hetero) is 1. The summed E-state index contributed by atoms with van der Waals surface area (Å²) >= 11 is 3.07. The third-order valence-corrected chi connectivity index (χ3v) is 12.2. The van der Waals surface area contributed by atoms with E-state index < -0.39 is 17.6 Å². The van der Waals surface area contributed by atoms with Gasteiger partial charge in [0.25, 0.3) is 11.1 Å². The number of aromatic nitrogens is 2. The van der Waals surface area contributed by atoms with E-state index in [2.05, 4.69) is 48.8 Å². The molecule has 3 aliphatic rings. The van der Waals surface area contributed by atoms with Crippen molar-refractivity contribution in [3.05, 3.63) is 82.8 Å². The molecule has 5 atom stereocenters. The third-order valence-electron chi connectivity index (χ3n) is 10.4. The normalized spacial score (nSPS) is 26.5. The zero-order valence-electron chi connectivity index (χ0n) is 29.5. The lowest BCUT2D eigenvalue weighted by Crippen LogP contribution is -2.46. The van der Waals surface area contributed by atoms with Crippen LogP contribution in [0.25, 0.3) is 10.2 Å². The quantitative estimate of drug-likeness (QED) is 0.153. The van der Waals surface area contributed by atoms with Crippen LogP contribution in [0.1, 0.15) is 82.8 Å². The zero-order chi connectivity index (χ0) is 35.6. The molecule has 2 aliphatic heterocycles. The van der Waals surface area contributed by atoms with E-state index in [0.717, 1.165) is 53.0 Å². The highest BCUT2D eigenvalue weighted by Crippen LogP contribution is 2.57. The topological polar surface area (TPSA) is 111 Å². The van der Waals surface area contributed by atoms with Crippen LogP contribution in [0.4, 0.5) is 0 Å². The molecule has 1 saturated carbocycles. The highest BCUT2D eigenvalue weighted by atomic mass is 32.1. The largest absolute Gasteiger partial charge is 0.465 e. The maximum atomic E-state index is 14.7. The van der Waals surface area contributed by atoms with Crippen LogP contribution < -0.4 is 15.1 Å². The van der Waals surface area contributed by atoms with Gasteiger partial charge in [0.1, 0.15) is 6.10 Å². The first kappa shape index (κ1) is 35.3. The lowest BCUT2D eigenvalue weighted by Gasteiger charge is -2.29. The highest BCUT2D eigenvalue weighted by molar-refractivity contribution is 7.20. The summed E-state index contributed by atoms with van der Waals surface area (Å²) in [6.45, 7) is 6.72. The number of thiazole rings is 2. The van der Waals surface area contributed by atoms with E-state index in [4.69, 9.17) is 14.6 Å². The molecule has 2 aromatic carbocycles. The zero-order valence-corrected chi connectivity index (χ0v) is 31.1. The smallest absolute Gasteiger partial charge is 0.274 e. The number of hydroxylamine groups is 1. The molecule has 2 fully saturated rings. The van der Waals surface area contributed by atoms with Gasteiger partial charge in [-0.25, -0.2) is 9.97 Å². The second kappa shape index (κ2) is 14.9. The molecule has 1 aliphatic carbocycles. The number of ether oxygens (including phenoxy) is 1. The number of benzene rings is 2. The molecule has 1 saturated heterocycles. The summed E-state index contributed by atoms with van der Waals surface area (Å²) in [5.41, 5.74) is 3.50. The number of carbonyl (C=O) groups excluding carboxylic acids is 3. The molecule has 0 unspecified atom stereocenters. The monoisotopic (exact) mass is 726 g/mol. The van der Waals surface area contributed by atoms with Crippen molar-refractivity contribution >= 4 is 50.5 Å². The Hall–Kier alpha value is -4.09. The molecule has 4 aromatic rings. The lowest BCUT2D eigenvalue weighted by atomic mass is 9.90. The van der Waals surface area contributed by atoms with Gasteiger partial charge in [0.15, 0.2) is 11.5 Å². The summed E-state index contributed by atoms with van der Waals surface area (Å²) in [7, 11) is 0. The van der Waals surface area contributed by atoms with E-state index in [-0.39, 0.29) is 47.8 Å². The molecule has 9 nitrogen and oxygen atoms in total. The Labute approximate surface area is 307 Å². The van der Waals surface area contributed by atoms with Crippen molar-refractivity contribution in [3.8, 4) is 10.9 Å². The van der Waals surface area contributed by atoms with Crippen LogP contribution >= 0.6 is 22.7 Å². The Bertz CT molecular complexity index is 1870. The van der Waals surface area contributed by atoms with Crippen LogP contribution in [-0.4, -0.2) is 51.2 Å². The summed E-state index contributed by atoms with van der Waals surface area (Å²) in [4.78, 5) is 60.0. The van der Waals surface area contributed by atoms with Crippen molar-refractivity contribution in [1.29, 1.82) is 0 Å². The van der Waals surface area contributed by atoms with Crippen molar-refractivity contribution in [2.24, 2.45) is 17.3 Å². The van der Waals surface area contributed by atoms with Gasteiger partial charge in [0.2, 0.25) is 5.91 Å². The number of hydrogen-bond acceptors (Lipinski definition) is 9. The fraction of sp³-hybridized carbons (Fsp3) is 0.475. The maximum absolute atomic E-state index is 14.7. The minimum Gasteiger partial charge on any atom is -0.465 e. The Kier molecular flexibility index (Phi) is 10.3. The molecule has 2 amide bonds. The Morgan fingerprint density at radius 1 is 1.04 bits per heavy atom. The summed E-state index contributed by atoms with van der Waals surface area (Å²) in [5, 5.41) is 3.57. The van der Waals surface area contributed by atoms with E-state index in [9.17, 15) is 14.4 Å². The third kappa shape index (κ3) is 8.04. The summed E-state index contributed by atoms with van der Waals surface area (Å²) in [6.07, 6.45) is 9.80. The van der Waals surface area contributed by atoms with Gasteiger partial charge in [-0.2, -0.15) is 5.48 Å². The van der Waals surface area contributed by atoms with E-state index >= 15 is 0 Å². The number of amides is 2. The Morgan fingerprint density at radius 3 is 2.63 bits per heavy atom. The molecule has 11 heteroatoms. The van der Waals surface area contributed by atoms with Gasteiger partial charge >= 0.3 is 0 Å². The molecule has 0 radical (unpaired) electrons. The minimum absolute atomic E-state index is 0.0143. The Balaban J connectivity index is 1.16. The minimum atomic E-state index is -0.938. The first-order valence-corrected chi connectivity index (χ1v) is 19.8. The molecular weight excluding hydrogens is 681 g/mol. The van der Waals surface area contributed by atoms with Crippen molar-refractivity contribution in [2.45, 2.75) is 96.1 Å². The summed E-state index contributed by atoms with van der Waals surface area (Å²) in [6, 6.07) is 16.2. The SMILES string of the molecule is CC(C)(C)c1csc(C[C@H]2CCCCC/C=C\[C@H]3C[C@@]3(C(=O)NOc3ccccc3)CC(=O)[C@@H]3C[C@@H](Oc4nc5ccccc5s4)CN3C2=O)n1. The molecule has 1 N–H and O–H groups in total. The number of nitrogens with one attached hydrogen (secondary N) is 1. The van der Waals surface area contributed by atoms with Crippen LogP contribution in [0.15, 0.2) is 72.1 Å². The van der Waals surface area contributed by atoms with Crippen LogP contribution in [0.2, 0.25) is 0 Å². The average Bonchev–Trinajstić information content (AvgIpc) is 3.49. The fourth-order valence-electron chi connectivity index (χ4n) is 7.33. The molecule has 4 heterocycles. The van der Waals surface area contributed by atoms with Crippen LogP contribution in [-0.2, 0) is 26.2 Å². The predicted molar refractivity (Wildman–Crippen MR) is 200 cm³/mol. The van der Waals surface area contributed by atoms with Gasteiger partial charge in [-0.3, -0.25) is 14.4 Å². The van der Waals surface area contributed by atoms with Crippen molar-refractivity contribution in [3.63, 3.8) is 0 Å². The van der Waals surface area contributed by atoms with Gasteiger partial charge in [0, 0.05) is 36.0 Å². The number of ketones is 1. The van der Waals surface area contributed by atoms with E-state index in [1.54, 1.807) is 28.4 Å². The highest BCUT2D eigenvalue weighted by Gasteiger charge is 2.61. The molecule has 7 rings (SSSR count). The van der Waals surface area contributed by atoms with Gasteiger partial charge in [-0.05, 0) is 55.9 Å². The summed E-state index contributed by atoms with van der Waals surface area (Å²) in [5.74, 6) is -0.355. The van der Waals surface area contributed by atoms with E-state index in [1.165, 1.54) is 11.3 Å². The first-order chi connectivity index (χ1) is 24.6. The number of fused-ring (bicyclic) bond motifs is 3. The number of carbonyl (C=O) groups is 3. The van der Waals surface area contributed by atoms with Crippen LogP contribution in [0, 0.1) is 17.3 Å². The first-order valence-electron chi connectivity index (χ1n) is 18.1.